The predicted octanol–water partition coefficient (Wildman–Crippen LogP) is 1.91. The maximum absolute atomic E-state index is 12.4. The third-order valence-electron chi connectivity index (χ3n) is 4.23. The van der Waals surface area contributed by atoms with Crippen LogP contribution in [0.4, 0.5) is 13.2 Å². The molecule has 1 saturated heterocycles. The zero-order chi connectivity index (χ0) is 18.3. The second-order valence-electron chi connectivity index (χ2n) is 6.90. The number of hydrogen-bond donors (Lipinski definition) is 2. The third-order valence-corrected chi connectivity index (χ3v) is 4.23. The van der Waals surface area contributed by atoms with Crippen molar-refractivity contribution in [2.24, 2.45) is 4.99 Å². The third kappa shape index (κ3) is 7.70. The lowest BCUT2D eigenvalue weighted by atomic mass is 10.2. The fourth-order valence-electron chi connectivity index (χ4n) is 3.15. The normalized spacial score (nSPS) is 20.5. The second-order valence-corrected chi connectivity index (χ2v) is 6.90. The Kier molecular flexibility index (Phi) is 8.29. The molecule has 5 nitrogen and oxygen atoms in total. The van der Waals surface area contributed by atoms with Gasteiger partial charge in [-0.1, -0.05) is 0 Å². The molecule has 142 valence electrons. The SMILES string of the molecule is CN=C(NCCN(C(C)C)C(C)C)NC1CCN(CC(F)(F)F)C1. The topological polar surface area (TPSA) is 42.9 Å². The Hall–Kier alpha value is -1.02. The van der Waals surface area contributed by atoms with Crippen LogP contribution in [0.5, 0.6) is 0 Å². The highest BCUT2D eigenvalue weighted by Crippen LogP contribution is 2.19. The lowest BCUT2D eigenvalue weighted by Crippen LogP contribution is -2.48. The van der Waals surface area contributed by atoms with Crippen LogP contribution in [0.2, 0.25) is 0 Å². The highest BCUT2D eigenvalue weighted by atomic mass is 19.4. The van der Waals surface area contributed by atoms with Gasteiger partial charge >= 0.3 is 6.18 Å². The van der Waals surface area contributed by atoms with Gasteiger partial charge in [-0.15, -0.1) is 0 Å². The summed E-state index contributed by atoms with van der Waals surface area (Å²) in [5, 5.41) is 6.48. The maximum Gasteiger partial charge on any atom is 0.401 e. The molecule has 2 N–H and O–H groups in total. The van der Waals surface area contributed by atoms with Crippen LogP contribution in [-0.2, 0) is 0 Å². The lowest BCUT2D eigenvalue weighted by molar-refractivity contribution is -0.143. The number of nitrogens with zero attached hydrogens (tertiary/aromatic N) is 3. The van der Waals surface area contributed by atoms with Crippen LogP contribution in [-0.4, -0.2) is 79.8 Å². The van der Waals surface area contributed by atoms with Gasteiger partial charge in [-0.05, 0) is 34.1 Å². The van der Waals surface area contributed by atoms with Crippen LogP contribution in [0.1, 0.15) is 34.1 Å². The summed E-state index contributed by atoms with van der Waals surface area (Å²) in [7, 11) is 1.68. The number of aliphatic imine (C=N–C) groups is 1. The molecule has 1 fully saturated rings. The fraction of sp³-hybridized carbons (Fsp3) is 0.938. The molecule has 8 heteroatoms. The maximum atomic E-state index is 12.4. The summed E-state index contributed by atoms with van der Waals surface area (Å²) in [5.74, 6) is 0.654. The van der Waals surface area contributed by atoms with Crippen molar-refractivity contribution in [3.63, 3.8) is 0 Å². The smallest absolute Gasteiger partial charge is 0.355 e. The van der Waals surface area contributed by atoms with Crippen LogP contribution in [0, 0.1) is 0 Å². The van der Waals surface area contributed by atoms with Gasteiger partial charge in [-0.2, -0.15) is 13.2 Å². The van der Waals surface area contributed by atoms with E-state index in [0.717, 1.165) is 13.1 Å². The molecule has 0 amide bonds. The van der Waals surface area contributed by atoms with E-state index < -0.39 is 12.7 Å². The van der Waals surface area contributed by atoms with Crippen LogP contribution < -0.4 is 10.6 Å². The number of guanidine groups is 1. The molecule has 1 aliphatic heterocycles. The van der Waals surface area contributed by atoms with E-state index in [9.17, 15) is 13.2 Å². The zero-order valence-electron chi connectivity index (χ0n) is 15.5. The standard InChI is InChI=1S/C16H32F3N5/c1-12(2)24(13(3)4)9-7-21-15(20-5)22-14-6-8-23(10-14)11-16(17,18)19/h12-14H,6-11H2,1-5H3,(H2,20,21,22). The first-order valence-corrected chi connectivity index (χ1v) is 8.64. The minimum absolute atomic E-state index is 0.00449. The summed E-state index contributed by atoms with van der Waals surface area (Å²) in [6.45, 7) is 10.3. The molecule has 1 rings (SSSR count). The van der Waals surface area contributed by atoms with E-state index in [1.54, 1.807) is 7.05 Å². The van der Waals surface area contributed by atoms with Gasteiger partial charge in [0, 0.05) is 51.4 Å². The molecule has 0 aromatic heterocycles. The van der Waals surface area contributed by atoms with E-state index in [1.165, 1.54) is 4.90 Å². The Morgan fingerprint density at radius 3 is 2.38 bits per heavy atom. The number of alkyl halides is 3. The highest BCUT2D eigenvalue weighted by molar-refractivity contribution is 5.80. The van der Waals surface area contributed by atoms with Crippen molar-refractivity contribution in [1.82, 2.24) is 20.4 Å². The molecule has 0 spiro atoms. The van der Waals surface area contributed by atoms with E-state index in [4.69, 9.17) is 0 Å². The molecule has 0 saturated carbocycles. The van der Waals surface area contributed by atoms with Crippen molar-refractivity contribution in [1.29, 1.82) is 0 Å². The number of nitrogens with one attached hydrogen (secondary N) is 2. The molecule has 1 unspecified atom stereocenters. The van der Waals surface area contributed by atoms with E-state index in [2.05, 4.69) is 48.2 Å². The van der Waals surface area contributed by atoms with Gasteiger partial charge < -0.3 is 10.6 Å². The quantitative estimate of drug-likeness (QED) is 0.543. The zero-order valence-corrected chi connectivity index (χ0v) is 15.5. The van der Waals surface area contributed by atoms with Crippen LogP contribution in [0.3, 0.4) is 0 Å². The minimum Gasteiger partial charge on any atom is -0.355 e. The van der Waals surface area contributed by atoms with Gasteiger partial charge in [0.1, 0.15) is 0 Å². The monoisotopic (exact) mass is 351 g/mol. The number of hydrogen-bond acceptors (Lipinski definition) is 3. The van der Waals surface area contributed by atoms with Gasteiger partial charge in [0.05, 0.1) is 6.54 Å². The molecular weight excluding hydrogens is 319 g/mol. The summed E-state index contributed by atoms with van der Waals surface area (Å²) in [6.07, 6.45) is -3.44. The molecular formula is C16H32F3N5. The summed E-state index contributed by atoms with van der Waals surface area (Å²) in [6, 6.07) is 0.935. The number of likely N-dealkylation sites (tertiary alicyclic amines) is 1. The molecule has 1 heterocycles. The molecule has 0 aromatic rings. The van der Waals surface area contributed by atoms with E-state index in [-0.39, 0.29) is 6.04 Å². The van der Waals surface area contributed by atoms with Gasteiger partial charge in [-0.3, -0.25) is 14.8 Å². The van der Waals surface area contributed by atoms with Crippen LogP contribution >= 0.6 is 0 Å². The molecule has 0 aliphatic carbocycles. The van der Waals surface area contributed by atoms with Crippen LogP contribution in [0.25, 0.3) is 0 Å². The van der Waals surface area contributed by atoms with Gasteiger partial charge in [0.2, 0.25) is 0 Å². The average molecular weight is 351 g/mol. The second kappa shape index (κ2) is 9.46. The van der Waals surface area contributed by atoms with Crippen molar-refractivity contribution in [2.75, 3.05) is 39.8 Å². The molecule has 1 aliphatic rings. The van der Waals surface area contributed by atoms with Crippen molar-refractivity contribution in [2.45, 2.75) is 58.4 Å². The van der Waals surface area contributed by atoms with Crippen molar-refractivity contribution < 1.29 is 13.2 Å². The summed E-state index contributed by atoms with van der Waals surface area (Å²) >= 11 is 0. The Morgan fingerprint density at radius 2 is 1.88 bits per heavy atom. The van der Waals surface area contributed by atoms with Gasteiger partial charge in [-0.25, -0.2) is 0 Å². The lowest BCUT2D eigenvalue weighted by Gasteiger charge is -2.30. The van der Waals surface area contributed by atoms with E-state index >= 15 is 0 Å². The summed E-state index contributed by atoms with van der Waals surface area (Å²) in [5.41, 5.74) is 0. The molecule has 24 heavy (non-hydrogen) atoms. The molecule has 0 radical (unpaired) electrons. The number of rotatable bonds is 7. The molecule has 0 bridgehead atoms. The first-order chi connectivity index (χ1) is 11.1. The largest absolute Gasteiger partial charge is 0.401 e. The number of halogens is 3. The van der Waals surface area contributed by atoms with Crippen LogP contribution in [0.15, 0.2) is 4.99 Å². The van der Waals surface area contributed by atoms with Gasteiger partial charge in [0.15, 0.2) is 5.96 Å². The Labute approximate surface area is 143 Å². The minimum atomic E-state index is -4.13. The fourth-order valence-corrected chi connectivity index (χ4v) is 3.15. The van der Waals surface area contributed by atoms with Crippen molar-refractivity contribution in [3.05, 3.63) is 0 Å². The van der Waals surface area contributed by atoms with E-state index in [1.807, 2.05) is 0 Å². The first kappa shape index (κ1) is 21.0. The molecule has 0 aromatic carbocycles. The summed E-state index contributed by atoms with van der Waals surface area (Å²) in [4.78, 5) is 7.98. The average Bonchev–Trinajstić information content (AvgIpc) is 2.86. The summed E-state index contributed by atoms with van der Waals surface area (Å²) < 4.78 is 37.3. The first-order valence-electron chi connectivity index (χ1n) is 8.64. The van der Waals surface area contributed by atoms with Crippen molar-refractivity contribution >= 4 is 5.96 Å². The Bertz CT molecular complexity index is 388. The van der Waals surface area contributed by atoms with E-state index in [0.29, 0.717) is 37.6 Å². The Morgan fingerprint density at radius 1 is 1.25 bits per heavy atom. The predicted molar refractivity (Wildman–Crippen MR) is 92.4 cm³/mol. The highest BCUT2D eigenvalue weighted by Gasteiger charge is 2.34. The van der Waals surface area contributed by atoms with Gasteiger partial charge in [0.25, 0.3) is 0 Å². The molecule has 1 atom stereocenters. The van der Waals surface area contributed by atoms with Crippen molar-refractivity contribution in [3.8, 4) is 0 Å². The Balaban J connectivity index is 2.36.